The first-order valence-electron chi connectivity index (χ1n) is 11.6. The minimum Gasteiger partial charge on any atom is -0.382 e. The van der Waals surface area contributed by atoms with Gasteiger partial charge in [-0.25, -0.2) is 18.4 Å². The lowest BCUT2D eigenvalue weighted by molar-refractivity contribution is 0.434. The van der Waals surface area contributed by atoms with Crippen LogP contribution >= 0.6 is 0 Å². The predicted octanol–water partition coefficient (Wildman–Crippen LogP) is 4.98. The first-order chi connectivity index (χ1) is 16.9. The topological polar surface area (TPSA) is 124 Å². The summed E-state index contributed by atoms with van der Waals surface area (Å²) in [4.78, 5) is 9.15. The summed E-state index contributed by atoms with van der Waals surface area (Å²) in [6.45, 7) is 6.63. The summed E-state index contributed by atoms with van der Waals surface area (Å²) in [7, 11) is -1.38. The van der Waals surface area contributed by atoms with E-state index >= 15 is 0 Å². The number of aromatic nitrogens is 3. The average molecular weight is 494 g/mol. The molecule has 4 rings (SSSR count). The SMILES string of the molecule is CC.CCCS(=O)(=O)c1ccc(-c2cnc(N)c(-c3cc(-c4ccc(CNC)cc4)no3)n2)cc1. The summed E-state index contributed by atoms with van der Waals surface area (Å²) < 4.78 is 30.1. The molecule has 0 radical (unpaired) electrons. The van der Waals surface area contributed by atoms with Crippen molar-refractivity contribution in [3.63, 3.8) is 0 Å². The minimum absolute atomic E-state index is 0.115. The highest BCUT2D eigenvalue weighted by Gasteiger charge is 2.17. The van der Waals surface area contributed by atoms with Crippen LogP contribution < -0.4 is 11.1 Å². The lowest BCUT2D eigenvalue weighted by atomic mass is 10.1. The first-order valence-corrected chi connectivity index (χ1v) is 13.2. The quantitative estimate of drug-likeness (QED) is 0.352. The number of hydrogen-bond acceptors (Lipinski definition) is 8. The van der Waals surface area contributed by atoms with Gasteiger partial charge in [-0.05, 0) is 31.2 Å². The van der Waals surface area contributed by atoms with Crippen molar-refractivity contribution in [1.82, 2.24) is 20.4 Å². The molecule has 0 aliphatic heterocycles. The van der Waals surface area contributed by atoms with E-state index < -0.39 is 9.84 Å². The Morgan fingerprint density at radius 1 is 0.971 bits per heavy atom. The lowest BCUT2D eigenvalue weighted by Crippen LogP contribution is -2.05. The Morgan fingerprint density at radius 3 is 2.23 bits per heavy atom. The van der Waals surface area contributed by atoms with Crippen LogP contribution in [-0.2, 0) is 16.4 Å². The normalized spacial score (nSPS) is 11.1. The average Bonchev–Trinajstić information content (AvgIpc) is 3.36. The zero-order valence-electron chi connectivity index (χ0n) is 20.4. The Balaban J connectivity index is 0.00000167. The number of nitrogens with two attached hydrogens (primary N) is 1. The maximum atomic E-state index is 12.3. The van der Waals surface area contributed by atoms with Crippen LogP contribution in [0.3, 0.4) is 0 Å². The third-order valence-electron chi connectivity index (χ3n) is 5.16. The molecule has 3 N–H and O–H groups in total. The summed E-state index contributed by atoms with van der Waals surface area (Å²) in [5, 5.41) is 7.27. The highest BCUT2D eigenvalue weighted by Crippen LogP contribution is 2.30. The second-order valence-corrected chi connectivity index (χ2v) is 9.75. The Kier molecular flexibility index (Phi) is 8.73. The highest BCUT2D eigenvalue weighted by molar-refractivity contribution is 7.91. The van der Waals surface area contributed by atoms with Crippen molar-refractivity contribution < 1.29 is 12.9 Å². The van der Waals surface area contributed by atoms with E-state index in [-0.39, 0.29) is 16.5 Å². The van der Waals surface area contributed by atoms with Gasteiger partial charge in [0.1, 0.15) is 5.69 Å². The molecule has 0 bridgehead atoms. The molecule has 4 aromatic rings. The third kappa shape index (κ3) is 6.12. The van der Waals surface area contributed by atoms with Gasteiger partial charge in [0, 0.05) is 23.7 Å². The standard InChI is InChI=1S/C24H25N5O3S.C2H6/c1-3-12-33(30,31)19-10-8-18(9-11-19)21-15-27-24(25)23(28-21)22-13-20(29-32-22)17-6-4-16(5-7-17)14-26-2;1-2/h4-11,13,15,26H,3,12,14H2,1-2H3,(H2,25,27);1-2H3. The van der Waals surface area contributed by atoms with Crippen LogP contribution in [0, 0.1) is 0 Å². The Hall–Kier alpha value is -3.56. The fourth-order valence-electron chi connectivity index (χ4n) is 3.46. The Bertz CT molecular complexity index is 1350. The molecular weight excluding hydrogens is 462 g/mol. The summed E-state index contributed by atoms with van der Waals surface area (Å²) in [6, 6.07) is 16.4. The third-order valence-corrected chi connectivity index (χ3v) is 7.09. The molecule has 0 amide bonds. The van der Waals surface area contributed by atoms with Crippen LogP contribution in [0.1, 0.15) is 32.8 Å². The van der Waals surface area contributed by atoms with Crippen LogP contribution in [-0.4, -0.2) is 36.3 Å². The van der Waals surface area contributed by atoms with Gasteiger partial charge in [0.25, 0.3) is 0 Å². The molecule has 0 unspecified atom stereocenters. The van der Waals surface area contributed by atoms with E-state index in [2.05, 4.69) is 20.4 Å². The van der Waals surface area contributed by atoms with Gasteiger partial charge in [-0.15, -0.1) is 0 Å². The van der Waals surface area contributed by atoms with Crippen LogP contribution in [0.5, 0.6) is 0 Å². The van der Waals surface area contributed by atoms with Gasteiger partial charge < -0.3 is 15.6 Å². The van der Waals surface area contributed by atoms with E-state index in [0.717, 1.165) is 17.7 Å². The summed E-state index contributed by atoms with van der Waals surface area (Å²) >= 11 is 0. The minimum atomic E-state index is -3.28. The molecule has 2 heterocycles. The number of hydrogen-bond donors (Lipinski definition) is 2. The van der Waals surface area contributed by atoms with Gasteiger partial charge in [0.2, 0.25) is 0 Å². The molecular formula is C26H31N5O3S. The van der Waals surface area contributed by atoms with Gasteiger partial charge in [-0.1, -0.05) is 62.3 Å². The van der Waals surface area contributed by atoms with E-state index in [9.17, 15) is 8.42 Å². The monoisotopic (exact) mass is 493 g/mol. The number of anilines is 1. The van der Waals surface area contributed by atoms with Crippen molar-refractivity contribution >= 4 is 15.7 Å². The molecule has 0 aliphatic carbocycles. The second-order valence-electron chi connectivity index (χ2n) is 7.64. The van der Waals surface area contributed by atoms with Gasteiger partial charge in [0.05, 0.1) is 22.5 Å². The summed E-state index contributed by atoms with van der Waals surface area (Å²) in [5.74, 6) is 0.732. The second kappa shape index (κ2) is 11.7. The van der Waals surface area contributed by atoms with Crippen molar-refractivity contribution in [3.8, 4) is 34.0 Å². The predicted molar refractivity (Wildman–Crippen MR) is 139 cm³/mol. The molecule has 8 nitrogen and oxygen atoms in total. The first kappa shape index (κ1) is 26.1. The number of sulfone groups is 1. The van der Waals surface area contributed by atoms with Crippen molar-refractivity contribution in [2.45, 2.75) is 38.6 Å². The molecule has 184 valence electrons. The van der Waals surface area contributed by atoms with Crippen LogP contribution in [0.4, 0.5) is 5.82 Å². The maximum Gasteiger partial charge on any atom is 0.189 e. The Labute approximate surface area is 206 Å². The van der Waals surface area contributed by atoms with Gasteiger partial charge >= 0.3 is 0 Å². The molecule has 0 saturated carbocycles. The van der Waals surface area contributed by atoms with Crippen LogP contribution in [0.2, 0.25) is 0 Å². The summed E-state index contributed by atoms with van der Waals surface area (Å²) in [6.07, 6.45) is 2.11. The molecule has 0 fully saturated rings. The molecule has 35 heavy (non-hydrogen) atoms. The fourth-order valence-corrected chi connectivity index (χ4v) is 4.78. The molecule has 0 saturated heterocycles. The molecule has 0 atom stereocenters. The summed E-state index contributed by atoms with van der Waals surface area (Å²) in [5.41, 5.74) is 10.5. The number of benzene rings is 2. The molecule has 0 aliphatic rings. The van der Waals surface area contributed by atoms with E-state index in [4.69, 9.17) is 10.3 Å². The van der Waals surface area contributed by atoms with E-state index in [1.165, 1.54) is 5.56 Å². The molecule has 2 aromatic carbocycles. The maximum absolute atomic E-state index is 12.3. The van der Waals surface area contributed by atoms with Crippen LogP contribution in [0.25, 0.3) is 34.0 Å². The van der Waals surface area contributed by atoms with Crippen molar-refractivity contribution in [2.75, 3.05) is 18.5 Å². The smallest absolute Gasteiger partial charge is 0.189 e. The zero-order chi connectivity index (χ0) is 25.4. The van der Waals surface area contributed by atoms with Crippen LogP contribution in [0.15, 0.2) is 70.2 Å². The van der Waals surface area contributed by atoms with E-state index in [0.29, 0.717) is 29.3 Å². The number of rotatable bonds is 8. The van der Waals surface area contributed by atoms with E-state index in [1.54, 1.807) is 36.5 Å². The van der Waals surface area contributed by atoms with Gasteiger partial charge in [-0.2, -0.15) is 0 Å². The highest BCUT2D eigenvalue weighted by atomic mass is 32.2. The van der Waals surface area contributed by atoms with Crippen molar-refractivity contribution in [3.05, 3.63) is 66.4 Å². The van der Waals surface area contributed by atoms with Gasteiger partial charge in [-0.3, -0.25) is 0 Å². The van der Waals surface area contributed by atoms with Crippen molar-refractivity contribution in [1.29, 1.82) is 0 Å². The molecule has 2 aromatic heterocycles. The number of nitrogens with zero attached hydrogens (tertiary/aromatic N) is 3. The number of nitrogens with one attached hydrogen (secondary N) is 1. The lowest BCUT2D eigenvalue weighted by Gasteiger charge is -2.07. The zero-order valence-corrected chi connectivity index (χ0v) is 21.3. The van der Waals surface area contributed by atoms with Gasteiger partial charge in [0.15, 0.2) is 27.1 Å². The van der Waals surface area contributed by atoms with Crippen molar-refractivity contribution in [2.24, 2.45) is 0 Å². The number of nitrogen functional groups attached to an aromatic ring is 1. The fraction of sp³-hybridized carbons (Fsp3) is 0.269. The Morgan fingerprint density at radius 2 is 1.60 bits per heavy atom. The largest absolute Gasteiger partial charge is 0.382 e. The molecule has 0 spiro atoms. The molecule has 9 heteroatoms. The van der Waals surface area contributed by atoms with E-state index in [1.807, 2.05) is 52.1 Å².